The third-order valence-electron chi connectivity index (χ3n) is 4.97. The Kier molecular flexibility index (Phi) is 4.05. The Hall–Kier alpha value is -2.25. The Morgan fingerprint density at radius 3 is 3.00 bits per heavy atom. The SMILES string of the molecule is CC(C)n1cc([C@@]2(O)CCCN(Cc3cnn4ccccc34)C2)nn1. The van der Waals surface area contributed by atoms with E-state index in [-0.39, 0.29) is 6.04 Å². The van der Waals surface area contributed by atoms with Crippen LogP contribution in [-0.2, 0) is 12.1 Å². The maximum absolute atomic E-state index is 11.2. The Bertz CT molecular complexity index is 869. The highest BCUT2D eigenvalue weighted by atomic mass is 16.3. The number of piperidine rings is 1. The fourth-order valence-electron chi connectivity index (χ4n) is 3.56. The monoisotopic (exact) mass is 340 g/mol. The molecule has 3 aromatic rings. The Balaban J connectivity index is 1.54. The molecule has 0 radical (unpaired) electrons. The van der Waals surface area contributed by atoms with Crippen LogP contribution in [0.5, 0.6) is 0 Å². The van der Waals surface area contributed by atoms with E-state index in [1.54, 1.807) is 4.68 Å². The predicted octanol–water partition coefficient (Wildman–Crippen LogP) is 1.99. The van der Waals surface area contributed by atoms with Crippen molar-refractivity contribution < 1.29 is 5.11 Å². The maximum Gasteiger partial charge on any atom is 0.123 e. The van der Waals surface area contributed by atoms with Crippen LogP contribution in [0.3, 0.4) is 0 Å². The number of fused-ring (bicyclic) bond motifs is 1. The van der Waals surface area contributed by atoms with E-state index in [9.17, 15) is 5.11 Å². The van der Waals surface area contributed by atoms with Gasteiger partial charge in [-0.2, -0.15) is 5.10 Å². The number of aliphatic hydroxyl groups is 1. The summed E-state index contributed by atoms with van der Waals surface area (Å²) < 4.78 is 3.69. The van der Waals surface area contributed by atoms with Crippen LogP contribution in [0.4, 0.5) is 0 Å². The molecule has 0 spiro atoms. The molecule has 4 rings (SSSR count). The highest BCUT2D eigenvalue weighted by molar-refractivity contribution is 5.53. The Morgan fingerprint density at radius 2 is 2.20 bits per heavy atom. The third-order valence-corrected chi connectivity index (χ3v) is 4.97. The fraction of sp³-hybridized carbons (Fsp3) is 0.500. The van der Waals surface area contributed by atoms with Crippen molar-refractivity contribution in [3.8, 4) is 0 Å². The zero-order chi connectivity index (χ0) is 17.4. The van der Waals surface area contributed by atoms with Gasteiger partial charge in [0, 0.05) is 30.9 Å². The van der Waals surface area contributed by atoms with E-state index >= 15 is 0 Å². The van der Waals surface area contributed by atoms with Crippen molar-refractivity contribution in [1.82, 2.24) is 29.5 Å². The summed E-state index contributed by atoms with van der Waals surface area (Å²) in [5.74, 6) is 0. The number of rotatable bonds is 4. The third kappa shape index (κ3) is 3.05. The molecule has 0 unspecified atom stereocenters. The van der Waals surface area contributed by atoms with Crippen molar-refractivity contribution >= 4 is 5.52 Å². The van der Waals surface area contributed by atoms with Gasteiger partial charge in [-0.1, -0.05) is 11.3 Å². The van der Waals surface area contributed by atoms with Crippen LogP contribution in [-0.4, -0.2) is 47.7 Å². The minimum Gasteiger partial charge on any atom is -0.382 e. The van der Waals surface area contributed by atoms with Gasteiger partial charge in [0.2, 0.25) is 0 Å². The topological polar surface area (TPSA) is 71.5 Å². The molecule has 1 N–H and O–H groups in total. The lowest BCUT2D eigenvalue weighted by Crippen LogP contribution is -2.45. The number of nitrogens with zero attached hydrogens (tertiary/aromatic N) is 6. The molecule has 0 aliphatic carbocycles. The van der Waals surface area contributed by atoms with Crippen LogP contribution in [0, 0.1) is 0 Å². The van der Waals surface area contributed by atoms with E-state index < -0.39 is 5.60 Å². The summed E-state index contributed by atoms with van der Waals surface area (Å²) in [5.41, 5.74) is 2.03. The summed E-state index contributed by atoms with van der Waals surface area (Å²) in [5, 5.41) is 24.0. The van der Waals surface area contributed by atoms with E-state index in [0.29, 0.717) is 12.2 Å². The van der Waals surface area contributed by atoms with Crippen LogP contribution in [0.25, 0.3) is 5.52 Å². The fourth-order valence-corrected chi connectivity index (χ4v) is 3.56. The number of hydrogen-bond acceptors (Lipinski definition) is 5. The van der Waals surface area contributed by atoms with E-state index in [2.05, 4.69) is 40.2 Å². The first-order valence-corrected chi connectivity index (χ1v) is 8.83. The lowest BCUT2D eigenvalue weighted by Gasteiger charge is -2.37. The summed E-state index contributed by atoms with van der Waals surface area (Å²) in [6.07, 6.45) is 7.40. The highest BCUT2D eigenvalue weighted by Gasteiger charge is 2.37. The first-order valence-electron chi connectivity index (χ1n) is 8.83. The largest absolute Gasteiger partial charge is 0.382 e. The van der Waals surface area contributed by atoms with Crippen LogP contribution in [0.1, 0.15) is 44.0 Å². The molecule has 7 heteroatoms. The van der Waals surface area contributed by atoms with E-state index in [4.69, 9.17) is 0 Å². The van der Waals surface area contributed by atoms with Crippen LogP contribution in [0.2, 0.25) is 0 Å². The predicted molar refractivity (Wildman–Crippen MR) is 94.0 cm³/mol. The molecule has 1 aliphatic heterocycles. The minimum atomic E-state index is -0.936. The molecule has 1 saturated heterocycles. The molecular formula is C18H24N6O. The maximum atomic E-state index is 11.2. The first-order chi connectivity index (χ1) is 12.0. The summed E-state index contributed by atoms with van der Waals surface area (Å²) in [6, 6.07) is 6.31. The van der Waals surface area contributed by atoms with E-state index in [0.717, 1.165) is 31.4 Å². The van der Waals surface area contributed by atoms with Crippen molar-refractivity contribution in [3.63, 3.8) is 0 Å². The molecule has 1 aliphatic rings. The molecule has 0 bridgehead atoms. The molecular weight excluding hydrogens is 316 g/mol. The van der Waals surface area contributed by atoms with Gasteiger partial charge in [0.1, 0.15) is 11.3 Å². The zero-order valence-corrected chi connectivity index (χ0v) is 14.7. The van der Waals surface area contributed by atoms with Gasteiger partial charge in [-0.25, -0.2) is 9.20 Å². The number of aromatic nitrogens is 5. The summed E-state index contributed by atoms with van der Waals surface area (Å²) in [6.45, 7) is 6.41. The molecule has 0 saturated carbocycles. The molecule has 25 heavy (non-hydrogen) atoms. The second-order valence-electron chi connectivity index (χ2n) is 7.22. The van der Waals surface area contributed by atoms with E-state index in [1.807, 2.05) is 35.2 Å². The second-order valence-corrected chi connectivity index (χ2v) is 7.22. The molecule has 4 heterocycles. The smallest absolute Gasteiger partial charge is 0.123 e. The molecule has 1 atom stereocenters. The average molecular weight is 340 g/mol. The van der Waals surface area contributed by atoms with Gasteiger partial charge in [-0.3, -0.25) is 4.90 Å². The molecule has 0 aromatic carbocycles. The molecule has 132 valence electrons. The molecule has 3 aromatic heterocycles. The Morgan fingerprint density at radius 1 is 1.32 bits per heavy atom. The highest BCUT2D eigenvalue weighted by Crippen LogP contribution is 2.31. The van der Waals surface area contributed by atoms with E-state index in [1.165, 1.54) is 5.56 Å². The van der Waals surface area contributed by atoms with Gasteiger partial charge in [0.15, 0.2) is 0 Å². The zero-order valence-electron chi connectivity index (χ0n) is 14.7. The standard InChI is InChI=1S/C18H24N6O/c1-14(2)24-12-17(20-21-24)18(25)7-5-8-22(13-18)11-15-10-19-23-9-4-3-6-16(15)23/h3-4,6,9-10,12,14,25H,5,7-8,11,13H2,1-2H3/t18-/m1/s1. The number of pyridine rings is 1. The van der Waals surface area contributed by atoms with Crippen LogP contribution in [0.15, 0.2) is 36.8 Å². The first kappa shape index (κ1) is 16.2. The van der Waals surface area contributed by atoms with Crippen molar-refractivity contribution in [1.29, 1.82) is 0 Å². The summed E-state index contributed by atoms with van der Waals surface area (Å²) in [7, 11) is 0. The van der Waals surface area contributed by atoms with Gasteiger partial charge in [0.05, 0.1) is 17.9 Å². The van der Waals surface area contributed by atoms with Crippen LogP contribution >= 0.6 is 0 Å². The quantitative estimate of drug-likeness (QED) is 0.786. The second kappa shape index (κ2) is 6.24. The lowest BCUT2D eigenvalue weighted by atomic mass is 9.90. The average Bonchev–Trinajstić information content (AvgIpc) is 3.23. The van der Waals surface area contributed by atoms with Crippen molar-refractivity contribution in [2.75, 3.05) is 13.1 Å². The van der Waals surface area contributed by atoms with Crippen molar-refractivity contribution in [3.05, 3.63) is 48.0 Å². The number of hydrogen-bond donors (Lipinski definition) is 1. The van der Waals surface area contributed by atoms with Gasteiger partial charge in [0.25, 0.3) is 0 Å². The molecule has 0 amide bonds. The van der Waals surface area contributed by atoms with Crippen molar-refractivity contribution in [2.45, 2.75) is 44.9 Å². The number of β-amino-alcohol motifs (C(OH)–C–C–N with tert-alkyl or cyclic N) is 1. The minimum absolute atomic E-state index is 0.239. The van der Waals surface area contributed by atoms with Gasteiger partial charge in [-0.05, 0) is 45.4 Å². The summed E-state index contributed by atoms with van der Waals surface area (Å²) >= 11 is 0. The lowest BCUT2D eigenvalue weighted by molar-refractivity contribution is -0.0413. The van der Waals surface area contributed by atoms with Crippen molar-refractivity contribution in [2.24, 2.45) is 0 Å². The molecule has 7 nitrogen and oxygen atoms in total. The van der Waals surface area contributed by atoms with Gasteiger partial charge < -0.3 is 5.11 Å². The van der Waals surface area contributed by atoms with Crippen LogP contribution < -0.4 is 0 Å². The number of likely N-dealkylation sites (tertiary alicyclic amines) is 1. The normalized spacial score (nSPS) is 22.1. The summed E-state index contributed by atoms with van der Waals surface area (Å²) in [4.78, 5) is 2.28. The molecule has 1 fully saturated rings. The van der Waals surface area contributed by atoms with Gasteiger partial charge in [-0.15, -0.1) is 5.10 Å². The van der Waals surface area contributed by atoms with Gasteiger partial charge >= 0.3 is 0 Å². The Labute approximate surface area is 146 Å².